The number of likely N-dealkylation sites (N-methyl/N-ethyl adjacent to an activating group) is 1. The van der Waals surface area contributed by atoms with Gasteiger partial charge in [-0.2, -0.15) is 0 Å². The fraction of sp³-hybridized carbons (Fsp3) is 0.500. The molecule has 18 heavy (non-hydrogen) atoms. The van der Waals surface area contributed by atoms with Crippen LogP contribution in [0.1, 0.15) is 32.0 Å². The zero-order valence-corrected chi connectivity index (χ0v) is 11.1. The number of methoxy groups -OCH3 is 1. The molecule has 1 amide bonds. The predicted molar refractivity (Wildman–Crippen MR) is 70.3 cm³/mol. The fourth-order valence-electron chi connectivity index (χ4n) is 2.40. The lowest BCUT2D eigenvalue weighted by Gasteiger charge is -2.23. The van der Waals surface area contributed by atoms with E-state index in [0.717, 1.165) is 17.7 Å². The van der Waals surface area contributed by atoms with E-state index in [9.17, 15) is 4.79 Å². The molecule has 1 aromatic rings. The van der Waals surface area contributed by atoms with Crippen LogP contribution in [0.4, 0.5) is 0 Å². The molecule has 0 spiro atoms. The van der Waals surface area contributed by atoms with Crippen LogP contribution in [0.2, 0.25) is 0 Å². The molecule has 4 nitrogen and oxygen atoms in total. The molecule has 1 aliphatic heterocycles. The highest BCUT2D eigenvalue weighted by molar-refractivity contribution is 5.84. The van der Waals surface area contributed by atoms with Crippen LogP contribution in [-0.4, -0.2) is 30.5 Å². The molecule has 2 rings (SSSR count). The van der Waals surface area contributed by atoms with Crippen molar-refractivity contribution in [2.24, 2.45) is 0 Å². The number of nitrogens with one attached hydrogen (secondary N) is 1. The second-order valence-electron chi connectivity index (χ2n) is 4.43. The standard InChI is InChI=1S/C14H20N2O2/c1-4-12-14(17)16(5-2)13(15-12)10-7-6-8-11(9-10)18-3/h6-9,12-13,15H,4-5H2,1-3H3. The molecule has 0 radical (unpaired) electrons. The van der Waals surface area contributed by atoms with Gasteiger partial charge in [0.1, 0.15) is 11.9 Å². The molecule has 98 valence electrons. The molecule has 0 aliphatic carbocycles. The van der Waals surface area contributed by atoms with E-state index < -0.39 is 0 Å². The minimum atomic E-state index is -0.0684. The van der Waals surface area contributed by atoms with Crippen LogP contribution in [0, 0.1) is 0 Å². The maximum Gasteiger partial charge on any atom is 0.241 e. The summed E-state index contributed by atoms with van der Waals surface area (Å²) in [5.41, 5.74) is 1.07. The van der Waals surface area contributed by atoms with Gasteiger partial charge in [0.05, 0.1) is 13.2 Å². The summed E-state index contributed by atoms with van der Waals surface area (Å²) in [6.45, 7) is 4.74. The van der Waals surface area contributed by atoms with Crippen molar-refractivity contribution in [1.82, 2.24) is 10.2 Å². The van der Waals surface area contributed by atoms with Crippen molar-refractivity contribution in [3.05, 3.63) is 29.8 Å². The predicted octanol–water partition coefficient (Wildman–Crippen LogP) is 1.92. The maximum absolute atomic E-state index is 12.1. The van der Waals surface area contributed by atoms with Gasteiger partial charge in [-0.1, -0.05) is 19.1 Å². The van der Waals surface area contributed by atoms with Gasteiger partial charge in [-0.3, -0.25) is 10.1 Å². The molecule has 4 heteroatoms. The van der Waals surface area contributed by atoms with Crippen LogP contribution < -0.4 is 10.1 Å². The number of carbonyl (C=O) groups is 1. The number of hydrogen-bond donors (Lipinski definition) is 1. The van der Waals surface area contributed by atoms with Gasteiger partial charge in [0.15, 0.2) is 0 Å². The molecule has 1 aromatic carbocycles. The average Bonchev–Trinajstić information content (AvgIpc) is 2.75. The molecule has 1 saturated heterocycles. The first-order valence-corrected chi connectivity index (χ1v) is 6.41. The lowest BCUT2D eigenvalue weighted by atomic mass is 10.1. The third-order valence-corrected chi connectivity index (χ3v) is 3.41. The highest BCUT2D eigenvalue weighted by Gasteiger charge is 2.37. The number of nitrogens with zero attached hydrogens (tertiary/aromatic N) is 1. The average molecular weight is 248 g/mol. The Hall–Kier alpha value is -1.55. The van der Waals surface area contributed by atoms with Crippen LogP contribution in [0.5, 0.6) is 5.75 Å². The van der Waals surface area contributed by atoms with Gasteiger partial charge in [0, 0.05) is 6.54 Å². The van der Waals surface area contributed by atoms with Crippen molar-refractivity contribution in [2.75, 3.05) is 13.7 Å². The first kappa shape index (κ1) is 12.9. The number of amides is 1. The van der Waals surface area contributed by atoms with Gasteiger partial charge < -0.3 is 9.64 Å². The molecule has 1 fully saturated rings. The summed E-state index contributed by atoms with van der Waals surface area (Å²) in [6, 6.07) is 7.79. The molecule has 0 saturated carbocycles. The molecule has 0 aromatic heterocycles. The van der Waals surface area contributed by atoms with Crippen molar-refractivity contribution in [1.29, 1.82) is 0 Å². The molecule has 1 heterocycles. The van der Waals surface area contributed by atoms with Gasteiger partial charge in [-0.25, -0.2) is 0 Å². The monoisotopic (exact) mass is 248 g/mol. The summed E-state index contributed by atoms with van der Waals surface area (Å²) >= 11 is 0. The number of ether oxygens (including phenoxy) is 1. The topological polar surface area (TPSA) is 41.6 Å². The van der Waals surface area contributed by atoms with E-state index in [1.54, 1.807) is 7.11 Å². The van der Waals surface area contributed by atoms with Crippen molar-refractivity contribution < 1.29 is 9.53 Å². The van der Waals surface area contributed by atoms with Crippen molar-refractivity contribution >= 4 is 5.91 Å². The molecule has 1 N–H and O–H groups in total. The Labute approximate surface area is 108 Å². The number of carbonyl (C=O) groups excluding carboxylic acids is 1. The first-order chi connectivity index (χ1) is 8.71. The molecule has 2 atom stereocenters. The summed E-state index contributed by atoms with van der Waals surface area (Å²) in [5.74, 6) is 1.01. The number of benzene rings is 1. The summed E-state index contributed by atoms with van der Waals surface area (Å²) < 4.78 is 5.23. The third-order valence-electron chi connectivity index (χ3n) is 3.41. The Kier molecular flexibility index (Phi) is 3.87. The van der Waals surface area contributed by atoms with Crippen LogP contribution in [-0.2, 0) is 4.79 Å². The highest BCUT2D eigenvalue weighted by atomic mass is 16.5. The second kappa shape index (κ2) is 5.40. The summed E-state index contributed by atoms with van der Waals surface area (Å²) in [5, 5.41) is 3.38. The van der Waals surface area contributed by atoms with Gasteiger partial charge in [-0.15, -0.1) is 0 Å². The summed E-state index contributed by atoms with van der Waals surface area (Å²) in [6.07, 6.45) is 0.776. The third kappa shape index (κ3) is 2.20. The van der Waals surface area contributed by atoms with Gasteiger partial charge in [0.25, 0.3) is 0 Å². The fourth-order valence-corrected chi connectivity index (χ4v) is 2.40. The largest absolute Gasteiger partial charge is 0.497 e. The molecular weight excluding hydrogens is 228 g/mol. The van der Waals surface area contributed by atoms with E-state index in [1.807, 2.05) is 43.0 Å². The van der Waals surface area contributed by atoms with Crippen LogP contribution >= 0.6 is 0 Å². The zero-order valence-electron chi connectivity index (χ0n) is 11.1. The number of rotatable bonds is 4. The van der Waals surface area contributed by atoms with Crippen molar-refractivity contribution in [2.45, 2.75) is 32.5 Å². The molecule has 2 unspecified atom stereocenters. The van der Waals surface area contributed by atoms with E-state index in [2.05, 4.69) is 5.32 Å². The van der Waals surface area contributed by atoms with Gasteiger partial charge in [0.2, 0.25) is 5.91 Å². The zero-order chi connectivity index (χ0) is 13.1. The second-order valence-corrected chi connectivity index (χ2v) is 4.43. The Bertz CT molecular complexity index is 434. The van der Waals surface area contributed by atoms with E-state index in [4.69, 9.17) is 4.74 Å². The quantitative estimate of drug-likeness (QED) is 0.885. The Balaban J connectivity index is 2.28. The normalized spacial score (nSPS) is 23.5. The lowest BCUT2D eigenvalue weighted by molar-refractivity contribution is -0.129. The van der Waals surface area contributed by atoms with E-state index >= 15 is 0 Å². The maximum atomic E-state index is 12.1. The molecule has 0 bridgehead atoms. The number of hydrogen-bond acceptors (Lipinski definition) is 3. The lowest BCUT2D eigenvalue weighted by Crippen LogP contribution is -2.30. The van der Waals surface area contributed by atoms with Gasteiger partial charge >= 0.3 is 0 Å². The SMILES string of the molecule is CCC1NC(c2cccc(OC)c2)N(CC)C1=O. The van der Waals surface area contributed by atoms with Crippen molar-refractivity contribution in [3.63, 3.8) is 0 Å². The minimum absolute atomic E-state index is 0.0393. The summed E-state index contributed by atoms with van der Waals surface area (Å²) in [7, 11) is 1.65. The van der Waals surface area contributed by atoms with E-state index in [-0.39, 0.29) is 18.1 Å². The molecular formula is C14H20N2O2. The van der Waals surface area contributed by atoms with Crippen LogP contribution in [0.15, 0.2) is 24.3 Å². The Morgan fingerprint density at radius 3 is 2.78 bits per heavy atom. The van der Waals surface area contributed by atoms with Crippen LogP contribution in [0.25, 0.3) is 0 Å². The highest BCUT2D eigenvalue weighted by Crippen LogP contribution is 2.28. The van der Waals surface area contributed by atoms with E-state index in [1.165, 1.54) is 0 Å². The first-order valence-electron chi connectivity index (χ1n) is 6.41. The van der Waals surface area contributed by atoms with E-state index in [0.29, 0.717) is 6.54 Å². The Morgan fingerprint density at radius 1 is 1.39 bits per heavy atom. The Morgan fingerprint density at radius 2 is 2.17 bits per heavy atom. The smallest absolute Gasteiger partial charge is 0.241 e. The minimum Gasteiger partial charge on any atom is -0.497 e. The summed E-state index contributed by atoms with van der Waals surface area (Å²) in [4.78, 5) is 14.0. The van der Waals surface area contributed by atoms with Crippen LogP contribution in [0.3, 0.4) is 0 Å². The van der Waals surface area contributed by atoms with Crippen molar-refractivity contribution in [3.8, 4) is 5.75 Å². The molecule has 1 aliphatic rings. The van der Waals surface area contributed by atoms with Gasteiger partial charge in [-0.05, 0) is 31.0 Å².